The van der Waals surface area contributed by atoms with Crippen LogP contribution in [0.1, 0.15) is 55.9 Å². The molecule has 2 amide bonds. The Kier molecular flexibility index (Phi) is 7.74. The second kappa shape index (κ2) is 10.6. The molecule has 6 nitrogen and oxygen atoms in total. The first-order chi connectivity index (χ1) is 17.8. The van der Waals surface area contributed by atoms with Crippen molar-refractivity contribution < 1.29 is 36.6 Å². The summed E-state index contributed by atoms with van der Waals surface area (Å²) >= 11 is 0. The molecule has 0 spiro atoms. The van der Waals surface area contributed by atoms with Crippen molar-refractivity contribution in [3.8, 4) is 0 Å². The number of piperidine rings is 1. The van der Waals surface area contributed by atoms with Gasteiger partial charge in [0.05, 0.1) is 25.2 Å². The molecule has 1 fully saturated rings. The van der Waals surface area contributed by atoms with Crippen molar-refractivity contribution in [3.05, 3.63) is 64.5 Å². The lowest BCUT2D eigenvalue weighted by Gasteiger charge is -2.42. The van der Waals surface area contributed by atoms with Gasteiger partial charge in [-0.25, -0.2) is 9.18 Å². The van der Waals surface area contributed by atoms with Gasteiger partial charge in [0, 0.05) is 24.2 Å². The summed E-state index contributed by atoms with van der Waals surface area (Å²) in [6.45, 7) is 6.64. The maximum atomic E-state index is 13.6. The highest BCUT2D eigenvalue weighted by molar-refractivity contribution is 5.99. The van der Waals surface area contributed by atoms with Gasteiger partial charge in [0.2, 0.25) is 5.91 Å². The first-order valence-electron chi connectivity index (χ1n) is 12.6. The SMILES string of the molecule is CC(C)(C)OC(=O)N1CCC(COCCc2cc(C(F)(F)F)cc3c2CC(=O)N3)(c2ccc(F)cc2)CC1. The summed E-state index contributed by atoms with van der Waals surface area (Å²) in [5.74, 6) is -0.703. The van der Waals surface area contributed by atoms with E-state index in [2.05, 4.69) is 5.32 Å². The fourth-order valence-corrected chi connectivity index (χ4v) is 5.01. The molecule has 38 heavy (non-hydrogen) atoms. The van der Waals surface area contributed by atoms with Crippen molar-refractivity contribution in [2.75, 3.05) is 31.6 Å². The maximum Gasteiger partial charge on any atom is 0.416 e. The molecule has 0 aliphatic carbocycles. The molecule has 0 unspecified atom stereocenters. The fraction of sp³-hybridized carbons (Fsp3) is 0.500. The Hall–Kier alpha value is -3.14. The summed E-state index contributed by atoms with van der Waals surface area (Å²) in [5, 5.41) is 2.50. The second-order valence-electron chi connectivity index (χ2n) is 10.9. The highest BCUT2D eigenvalue weighted by atomic mass is 19.4. The van der Waals surface area contributed by atoms with Gasteiger partial charge in [-0.2, -0.15) is 13.2 Å². The van der Waals surface area contributed by atoms with Gasteiger partial charge in [0.25, 0.3) is 0 Å². The minimum Gasteiger partial charge on any atom is -0.444 e. The zero-order chi connectivity index (χ0) is 27.7. The molecule has 4 rings (SSSR count). The third kappa shape index (κ3) is 6.46. The van der Waals surface area contributed by atoms with E-state index >= 15 is 0 Å². The van der Waals surface area contributed by atoms with E-state index in [9.17, 15) is 27.2 Å². The summed E-state index contributed by atoms with van der Waals surface area (Å²) in [6, 6.07) is 8.22. The van der Waals surface area contributed by atoms with Crippen LogP contribution in [0.4, 0.5) is 28.0 Å². The average molecular weight is 537 g/mol. The zero-order valence-corrected chi connectivity index (χ0v) is 21.7. The number of benzene rings is 2. The molecular formula is C28H32F4N2O4. The second-order valence-corrected chi connectivity index (χ2v) is 10.9. The molecule has 0 bridgehead atoms. The van der Waals surface area contributed by atoms with Gasteiger partial charge in [0.1, 0.15) is 11.4 Å². The Bertz CT molecular complexity index is 1180. The molecule has 0 atom stereocenters. The van der Waals surface area contributed by atoms with Crippen LogP contribution < -0.4 is 5.32 Å². The Labute approximate surface area is 219 Å². The Morgan fingerprint density at radius 1 is 1.08 bits per heavy atom. The first kappa shape index (κ1) is 27.9. The lowest BCUT2D eigenvalue weighted by Crippen LogP contribution is -2.48. The maximum absolute atomic E-state index is 13.6. The molecule has 0 radical (unpaired) electrons. The number of anilines is 1. The van der Waals surface area contributed by atoms with Gasteiger partial charge in [-0.15, -0.1) is 0 Å². The minimum atomic E-state index is -4.54. The molecule has 0 aromatic heterocycles. The number of halogens is 4. The molecule has 10 heteroatoms. The van der Waals surface area contributed by atoms with Crippen LogP contribution in [-0.2, 0) is 38.7 Å². The topological polar surface area (TPSA) is 67.9 Å². The molecule has 2 aromatic carbocycles. The molecule has 206 valence electrons. The number of carbonyl (C=O) groups excluding carboxylic acids is 2. The van der Waals surface area contributed by atoms with Crippen LogP contribution in [0.5, 0.6) is 0 Å². The Morgan fingerprint density at radius 3 is 2.34 bits per heavy atom. The number of alkyl halides is 3. The van der Waals surface area contributed by atoms with Gasteiger partial charge < -0.3 is 19.7 Å². The van der Waals surface area contributed by atoms with Crippen LogP contribution in [0, 0.1) is 5.82 Å². The van der Waals surface area contributed by atoms with Gasteiger partial charge in [0.15, 0.2) is 0 Å². The van der Waals surface area contributed by atoms with Gasteiger partial charge in [-0.05, 0) is 81.0 Å². The number of rotatable bonds is 6. The Morgan fingerprint density at radius 2 is 1.74 bits per heavy atom. The molecule has 0 saturated carbocycles. The van der Waals surface area contributed by atoms with Crippen LogP contribution in [0.25, 0.3) is 0 Å². The van der Waals surface area contributed by atoms with E-state index in [-0.39, 0.29) is 43.5 Å². The van der Waals surface area contributed by atoms with Crippen molar-refractivity contribution in [2.45, 2.75) is 63.6 Å². The molecule has 2 heterocycles. The number of likely N-dealkylation sites (tertiary alicyclic amines) is 1. The van der Waals surface area contributed by atoms with Crippen molar-refractivity contribution in [3.63, 3.8) is 0 Å². The third-order valence-corrected chi connectivity index (χ3v) is 7.00. The number of carbonyl (C=O) groups is 2. The smallest absolute Gasteiger partial charge is 0.416 e. The summed E-state index contributed by atoms with van der Waals surface area (Å²) in [5.41, 5.74) is 0.115. The van der Waals surface area contributed by atoms with Crippen molar-refractivity contribution in [1.29, 1.82) is 0 Å². The van der Waals surface area contributed by atoms with E-state index in [0.717, 1.165) is 17.7 Å². The monoisotopic (exact) mass is 536 g/mol. The molecule has 1 N–H and O–H groups in total. The minimum absolute atomic E-state index is 0.0306. The highest BCUT2D eigenvalue weighted by Gasteiger charge is 2.39. The number of nitrogens with one attached hydrogen (secondary N) is 1. The summed E-state index contributed by atoms with van der Waals surface area (Å²) in [7, 11) is 0. The van der Waals surface area contributed by atoms with Crippen LogP contribution in [0.15, 0.2) is 36.4 Å². The van der Waals surface area contributed by atoms with Crippen LogP contribution in [0.2, 0.25) is 0 Å². The predicted molar refractivity (Wildman–Crippen MR) is 133 cm³/mol. The van der Waals surface area contributed by atoms with E-state index in [1.807, 2.05) is 0 Å². The average Bonchev–Trinajstić information content (AvgIpc) is 3.21. The molecule has 2 aliphatic rings. The van der Waals surface area contributed by atoms with E-state index in [4.69, 9.17) is 9.47 Å². The number of hydrogen-bond donors (Lipinski definition) is 1. The quantitative estimate of drug-likeness (QED) is 0.371. The summed E-state index contributed by atoms with van der Waals surface area (Å²) in [6.07, 6.45) is -3.60. The first-order valence-corrected chi connectivity index (χ1v) is 12.6. The largest absolute Gasteiger partial charge is 0.444 e. The van der Waals surface area contributed by atoms with Gasteiger partial charge in [-0.1, -0.05) is 12.1 Å². The number of ether oxygens (including phenoxy) is 2. The van der Waals surface area contributed by atoms with E-state index < -0.39 is 28.8 Å². The number of hydrogen-bond acceptors (Lipinski definition) is 4. The zero-order valence-electron chi connectivity index (χ0n) is 21.7. The number of fused-ring (bicyclic) bond motifs is 1. The van der Waals surface area contributed by atoms with E-state index in [0.29, 0.717) is 37.1 Å². The standard InChI is InChI=1S/C28H32F4N2O4/c1-26(2,3)38-25(36)34-11-9-27(10-12-34,19-4-6-21(29)7-5-19)17-37-13-8-18-14-20(28(30,31)32)15-23-22(18)16-24(35)33-23/h4-7,14-15H,8-13,16-17H2,1-3H3,(H,33,35). The van der Waals surface area contributed by atoms with Crippen LogP contribution >= 0.6 is 0 Å². The number of nitrogens with zero attached hydrogens (tertiary/aromatic N) is 1. The summed E-state index contributed by atoms with van der Waals surface area (Å²) < 4.78 is 65.4. The summed E-state index contributed by atoms with van der Waals surface area (Å²) in [4.78, 5) is 26.0. The molecule has 1 saturated heterocycles. The molecule has 2 aromatic rings. The Balaban J connectivity index is 1.46. The predicted octanol–water partition coefficient (Wildman–Crippen LogP) is 5.87. The number of amides is 2. The van der Waals surface area contributed by atoms with Crippen molar-refractivity contribution >= 4 is 17.7 Å². The molecular weight excluding hydrogens is 504 g/mol. The third-order valence-electron chi connectivity index (χ3n) is 7.00. The van der Waals surface area contributed by atoms with Crippen molar-refractivity contribution in [1.82, 2.24) is 4.90 Å². The van der Waals surface area contributed by atoms with Gasteiger partial charge >= 0.3 is 12.3 Å². The van der Waals surface area contributed by atoms with Gasteiger partial charge in [-0.3, -0.25) is 4.79 Å². The lowest BCUT2D eigenvalue weighted by molar-refractivity contribution is -0.137. The van der Waals surface area contributed by atoms with E-state index in [1.54, 1.807) is 37.8 Å². The van der Waals surface area contributed by atoms with Crippen LogP contribution in [0.3, 0.4) is 0 Å². The fourth-order valence-electron chi connectivity index (χ4n) is 5.01. The van der Waals surface area contributed by atoms with Crippen LogP contribution in [-0.4, -0.2) is 48.8 Å². The van der Waals surface area contributed by atoms with Crippen molar-refractivity contribution in [2.24, 2.45) is 0 Å². The molecule has 2 aliphatic heterocycles. The lowest BCUT2D eigenvalue weighted by atomic mass is 9.73. The van der Waals surface area contributed by atoms with E-state index in [1.165, 1.54) is 12.1 Å². The normalized spacial score (nSPS) is 17.2. The highest BCUT2D eigenvalue weighted by Crippen LogP contribution is 2.38.